The van der Waals surface area contributed by atoms with Crippen LogP contribution in [0.15, 0.2) is 89.7 Å². The summed E-state index contributed by atoms with van der Waals surface area (Å²) in [6, 6.07) is 8.29. The number of aromatic nitrogens is 1. The van der Waals surface area contributed by atoms with E-state index in [0.29, 0.717) is 42.4 Å². The topological polar surface area (TPSA) is 78.9 Å². The molecule has 2 aromatic rings. The number of ether oxygens (including phenoxy) is 4. The lowest BCUT2D eigenvalue weighted by Gasteiger charge is -2.32. The van der Waals surface area contributed by atoms with Gasteiger partial charge >= 0.3 is 0 Å². The highest BCUT2D eigenvalue weighted by Gasteiger charge is 2.49. The molecule has 1 amide bonds. The Morgan fingerprint density at radius 1 is 1.14 bits per heavy atom. The smallest absolute Gasteiger partial charge is 0.288 e. The second-order valence-corrected chi connectivity index (χ2v) is 8.75. The van der Waals surface area contributed by atoms with Gasteiger partial charge in [-0.25, -0.2) is 4.39 Å². The third-order valence-corrected chi connectivity index (χ3v) is 6.52. The fourth-order valence-corrected chi connectivity index (χ4v) is 4.76. The van der Waals surface area contributed by atoms with Gasteiger partial charge in [-0.05, 0) is 82.3 Å². The number of amides is 1. The fourth-order valence-electron chi connectivity index (χ4n) is 4.76. The van der Waals surface area contributed by atoms with Crippen LogP contribution in [-0.4, -0.2) is 44.1 Å². The van der Waals surface area contributed by atoms with E-state index in [9.17, 15) is 9.18 Å². The Labute approximate surface area is 214 Å². The average Bonchev–Trinajstić information content (AvgIpc) is 3.49. The summed E-state index contributed by atoms with van der Waals surface area (Å²) >= 11 is 0. The van der Waals surface area contributed by atoms with Crippen molar-refractivity contribution in [3.63, 3.8) is 0 Å². The molecule has 0 unspecified atom stereocenters. The fraction of sp³-hybridized carbons (Fsp3) is 0.241. The van der Waals surface area contributed by atoms with Gasteiger partial charge in [0.15, 0.2) is 11.5 Å². The van der Waals surface area contributed by atoms with Crippen molar-refractivity contribution in [1.82, 2.24) is 10.3 Å². The average molecular weight is 503 g/mol. The summed E-state index contributed by atoms with van der Waals surface area (Å²) in [7, 11) is 3.11. The first-order valence-corrected chi connectivity index (χ1v) is 11.9. The number of rotatable bonds is 6. The number of benzene rings is 1. The Balaban J connectivity index is 1.52. The first-order valence-electron chi connectivity index (χ1n) is 11.9. The summed E-state index contributed by atoms with van der Waals surface area (Å²) in [5, 5.41) is 2.88. The summed E-state index contributed by atoms with van der Waals surface area (Å²) in [4.78, 5) is 16.9. The van der Waals surface area contributed by atoms with Gasteiger partial charge in [-0.15, -0.1) is 0 Å². The molecule has 1 N–H and O–H groups in total. The summed E-state index contributed by atoms with van der Waals surface area (Å²) < 4.78 is 37.2. The Bertz CT molecular complexity index is 1360. The van der Waals surface area contributed by atoms with E-state index in [1.54, 1.807) is 32.7 Å². The first-order chi connectivity index (χ1) is 17.9. The molecule has 2 aliphatic carbocycles. The number of fused-ring (bicyclic) bond motifs is 1. The SMILES string of the molecule is COC1=CC(=CC2=C(C)/C(=C\C(=O)NCc3cccnc3)c3cc(F)ccc32)C=C(OC)C12OCCO2. The highest BCUT2D eigenvalue weighted by Crippen LogP contribution is 2.45. The van der Waals surface area contributed by atoms with Crippen LogP contribution in [0.2, 0.25) is 0 Å². The van der Waals surface area contributed by atoms with E-state index in [1.807, 2.05) is 37.3 Å². The van der Waals surface area contributed by atoms with E-state index in [2.05, 4.69) is 10.3 Å². The second kappa shape index (κ2) is 10.2. The largest absolute Gasteiger partial charge is 0.495 e. The minimum Gasteiger partial charge on any atom is -0.495 e. The maximum Gasteiger partial charge on any atom is 0.288 e. The van der Waals surface area contributed by atoms with Gasteiger partial charge in [-0.1, -0.05) is 12.1 Å². The molecule has 5 rings (SSSR count). The predicted molar refractivity (Wildman–Crippen MR) is 136 cm³/mol. The van der Waals surface area contributed by atoms with Crippen molar-refractivity contribution in [3.8, 4) is 0 Å². The van der Waals surface area contributed by atoms with E-state index < -0.39 is 5.79 Å². The monoisotopic (exact) mass is 502 g/mol. The molecule has 2 heterocycles. The van der Waals surface area contributed by atoms with Crippen LogP contribution in [0, 0.1) is 5.82 Å². The molecule has 8 heteroatoms. The number of allylic oxidation sites excluding steroid dienone is 7. The van der Waals surface area contributed by atoms with Gasteiger partial charge in [0.2, 0.25) is 5.91 Å². The molecule has 1 aromatic heterocycles. The van der Waals surface area contributed by atoms with Gasteiger partial charge in [0.1, 0.15) is 5.82 Å². The van der Waals surface area contributed by atoms with Crippen LogP contribution in [0.1, 0.15) is 23.6 Å². The standard InChI is InChI=1S/C29H27FN2O5/c1-18-23(11-20-12-26(34-2)29(27(13-20)35-3)36-9-10-37-29)22-7-6-21(30)14-25(22)24(18)15-28(33)32-17-19-5-4-8-31-16-19/h4-8,11-16H,9-10,17H2,1-3H3,(H,32,33)/b24-15+. The van der Waals surface area contributed by atoms with E-state index in [0.717, 1.165) is 27.8 Å². The lowest BCUT2D eigenvalue weighted by Crippen LogP contribution is -2.38. The van der Waals surface area contributed by atoms with Crippen LogP contribution < -0.4 is 5.32 Å². The zero-order valence-electron chi connectivity index (χ0n) is 20.8. The van der Waals surface area contributed by atoms with Gasteiger partial charge in [-0.2, -0.15) is 0 Å². The summed E-state index contributed by atoms with van der Waals surface area (Å²) in [6.45, 7) is 3.09. The second-order valence-electron chi connectivity index (χ2n) is 8.75. The summed E-state index contributed by atoms with van der Waals surface area (Å²) in [6.07, 6.45) is 10.5. The number of carbonyl (C=O) groups excluding carboxylic acids is 1. The molecule has 0 atom stereocenters. The van der Waals surface area contributed by atoms with Crippen LogP contribution in [0.4, 0.5) is 4.39 Å². The normalized spacial score (nSPS) is 19.0. The van der Waals surface area contributed by atoms with Crippen molar-refractivity contribution in [3.05, 3.63) is 112 Å². The van der Waals surface area contributed by atoms with E-state index in [1.165, 1.54) is 18.2 Å². The Morgan fingerprint density at radius 3 is 2.51 bits per heavy atom. The molecular weight excluding hydrogens is 475 g/mol. The number of halogens is 1. The van der Waals surface area contributed by atoms with Crippen LogP contribution in [0.3, 0.4) is 0 Å². The quantitative estimate of drug-likeness (QED) is 0.588. The predicted octanol–water partition coefficient (Wildman–Crippen LogP) is 4.45. The minimum absolute atomic E-state index is 0.277. The molecule has 190 valence electrons. The molecule has 7 nitrogen and oxygen atoms in total. The van der Waals surface area contributed by atoms with Gasteiger partial charge in [0, 0.05) is 25.0 Å². The molecule has 1 aliphatic heterocycles. The summed E-state index contributed by atoms with van der Waals surface area (Å²) in [5.41, 5.74) is 5.51. The van der Waals surface area contributed by atoms with Crippen molar-refractivity contribution in [2.75, 3.05) is 27.4 Å². The van der Waals surface area contributed by atoms with Crippen molar-refractivity contribution in [2.24, 2.45) is 0 Å². The maximum absolute atomic E-state index is 14.3. The van der Waals surface area contributed by atoms with Crippen molar-refractivity contribution in [1.29, 1.82) is 0 Å². The van der Waals surface area contributed by atoms with Gasteiger partial charge < -0.3 is 24.3 Å². The Kier molecular flexibility index (Phi) is 6.78. The third kappa shape index (κ3) is 4.61. The van der Waals surface area contributed by atoms with Gasteiger partial charge in [0.25, 0.3) is 5.79 Å². The molecular formula is C29H27FN2O5. The lowest BCUT2D eigenvalue weighted by atomic mass is 9.96. The molecule has 1 saturated heterocycles. The lowest BCUT2D eigenvalue weighted by molar-refractivity contribution is -0.150. The number of hydrogen-bond donors (Lipinski definition) is 1. The van der Waals surface area contributed by atoms with Crippen molar-refractivity contribution >= 4 is 17.1 Å². The van der Waals surface area contributed by atoms with E-state index >= 15 is 0 Å². The molecule has 3 aliphatic rings. The Hall–Kier alpha value is -4.01. The van der Waals surface area contributed by atoms with Gasteiger partial charge in [0.05, 0.1) is 27.4 Å². The number of hydrogen-bond acceptors (Lipinski definition) is 6. The third-order valence-electron chi connectivity index (χ3n) is 6.52. The Morgan fingerprint density at radius 2 is 1.86 bits per heavy atom. The molecule has 0 radical (unpaired) electrons. The molecule has 0 bridgehead atoms. The maximum atomic E-state index is 14.3. The van der Waals surface area contributed by atoms with Crippen LogP contribution in [0.25, 0.3) is 11.1 Å². The van der Waals surface area contributed by atoms with Crippen LogP contribution in [-0.2, 0) is 30.3 Å². The molecule has 37 heavy (non-hydrogen) atoms. The molecule has 1 spiro atoms. The van der Waals surface area contributed by atoms with E-state index in [-0.39, 0.29) is 11.7 Å². The molecule has 1 aromatic carbocycles. The van der Waals surface area contributed by atoms with Gasteiger partial charge in [-0.3, -0.25) is 9.78 Å². The first kappa shape index (κ1) is 24.7. The zero-order valence-corrected chi connectivity index (χ0v) is 20.8. The van der Waals surface area contributed by atoms with Crippen molar-refractivity contribution in [2.45, 2.75) is 19.3 Å². The summed E-state index contributed by atoms with van der Waals surface area (Å²) in [5.74, 6) is -0.910. The van der Waals surface area contributed by atoms with Crippen molar-refractivity contribution < 1.29 is 28.1 Å². The number of pyridine rings is 1. The number of nitrogens with zero attached hydrogens (tertiary/aromatic N) is 1. The van der Waals surface area contributed by atoms with Crippen LogP contribution in [0.5, 0.6) is 0 Å². The van der Waals surface area contributed by atoms with E-state index in [4.69, 9.17) is 18.9 Å². The number of carbonyl (C=O) groups is 1. The molecule has 1 fully saturated rings. The molecule has 0 saturated carbocycles. The van der Waals surface area contributed by atoms with Crippen LogP contribution >= 0.6 is 0 Å². The number of methoxy groups -OCH3 is 2. The highest BCUT2D eigenvalue weighted by molar-refractivity contribution is 6.08. The zero-order chi connectivity index (χ0) is 26.0. The number of nitrogens with one attached hydrogen (secondary N) is 1. The minimum atomic E-state index is -1.20. The highest BCUT2D eigenvalue weighted by atomic mass is 19.1.